The number of nitrogens with zero attached hydrogens (tertiary/aromatic N) is 8. The molecule has 8 heteroatoms. The molecule has 0 fully saturated rings. The molecule has 0 saturated heterocycles. The second-order valence-electron chi connectivity index (χ2n) is 18.4. The molecule has 6 aromatic heterocycles. The average Bonchev–Trinajstić information content (AvgIpc) is 4.16. The number of imidazole rings is 2. The van der Waals surface area contributed by atoms with Crippen LogP contribution in [0.5, 0.6) is 0 Å². The van der Waals surface area contributed by atoms with Gasteiger partial charge in [0, 0.05) is 56.4 Å². The first kappa shape index (κ1) is 39.3. The summed E-state index contributed by atoms with van der Waals surface area (Å²) in [7, 11) is 0. The first-order valence-electron chi connectivity index (χ1n) is 23.8. The van der Waals surface area contributed by atoms with E-state index in [1.807, 2.05) is 49.3 Å². The van der Waals surface area contributed by atoms with E-state index in [0.717, 1.165) is 111 Å². The molecule has 0 spiro atoms. The molecular weight excluding hydrogens is 869 g/mol. The second kappa shape index (κ2) is 15.2. The van der Waals surface area contributed by atoms with Crippen molar-refractivity contribution in [2.45, 2.75) is 5.41 Å². The molecule has 0 saturated carbocycles. The maximum Gasteiger partial charge on any atom is 0.100 e. The highest BCUT2D eigenvalue weighted by Crippen LogP contribution is 2.57. The smallest absolute Gasteiger partial charge is 0.100 e. The predicted octanol–water partition coefficient (Wildman–Crippen LogP) is 14.3. The lowest BCUT2D eigenvalue weighted by Gasteiger charge is -2.34. The van der Waals surface area contributed by atoms with Gasteiger partial charge in [0.25, 0.3) is 0 Å². The Kier molecular flexibility index (Phi) is 8.41. The normalized spacial score (nSPS) is 12.9. The number of fused-ring (bicyclic) bond motifs is 11. The quantitative estimate of drug-likeness (QED) is 0.154. The van der Waals surface area contributed by atoms with Crippen LogP contribution in [-0.2, 0) is 5.41 Å². The number of hydrogen-bond acceptors (Lipinski definition) is 6. The summed E-state index contributed by atoms with van der Waals surface area (Å²) in [5, 5.41) is 4.26. The van der Waals surface area contributed by atoms with Crippen molar-refractivity contribution >= 4 is 65.7 Å². The van der Waals surface area contributed by atoms with Crippen molar-refractivity contribution in [3.05, 3.63) is 254 Å². The summed E-state index contributed by atoms with van der Waals surface area (Å²) in [6.45, 7) is 0. The summed E-state index contributed by atoms with van der Waals surface area (Å²) >= 11 is 0. The summed E-state index contributed by atoms with van der Waals surface area (Å²) in [6.07, 6.45) is 7.56. The minimum absolute atomic E-state index is 0.783. The van der Waals surface area contributed by atoms with Crippen molar-refractivity contribution in [1.82, 2.24) is 39.0 Å². The maximum atomic E-state index is 5.26. The molecule has 1 aliphatic rings. The van der Waals surface area contributed by atoms with Gasteiger partial charge in [-0.1, -0.05) is 133 Å². The summed E-state index contributed by atoms with van der Waals surface area (Å²) in [6, 6.07) is 73.7. The van der Waals surface area contributed by atoms with E-state index in [1.54, 1.807) is 0 Å². The van der Waals surface area contributed by atoms with E-state index >= 15 is 0 Å². The van der Waals surface area contributed by atoms with Gasteiger partial charge in [0.05, 0.1) is 60.9 Å². The van der Waals surface area contributed by atoms with Crippen molar-refractivity contribution < 1.29 is 0 Å². The molecule has 330 valence electrons. The molecule has 14 aromatic rings. The van der Waals surface area contributed by atoms with Crippen LogP contribution in [0, 0.1) is 0 Å². The van der Waals surface area contributed by atoms with Crippen molar-refractivity contribution in [2.75, 3.05) is 0 Å². The third-order valence-corrected chi connectivity index (χ3v) is 14.7. The highest BCUT2D eigenvalue weighted by atomic mass is 15.1. The SMILES string of the molecule is c1cnc2c(c1)ccc1ccc(-c3ccc(C4(c5ccc(-c6ccc7ccc8cccnc8c7n6)cc5)c5cc(-n6cnc7ccccc76)ccc5-c5ccc(-n6cnc7ccccc76)cc54)cc3)nc12. The predicted molar refractivity (Wildman–Crippen MR) is 285 cm³/mol. The molecule has 0 amide bonds. The van der Waals surface area contributed by atoms with Crippen molar-refractivity contribution in [3.63, 3.8) is 0 Å². The van der Waals surface area contributed by atoms with Crippen LogP contribution in [0.1, 0.15) is 22.3 Å². The summed E-state index contributed by atoms with van der Waals surface area (Å²) < 4.78 is 4.40. The Morgan fingerprint density at radius 3 is 1.23 bits per heavy atom. The van der Waals surface area contributed by atoms with Gasteiger partial charge in [-0.15, -0.1) is 0 Å². The number of benzene rings is 8. The number of aromatic nitrogens is 8. The zero-order valence-corrected chi connectivity index (χ0v) is 38.0. The molecule has 71 heavy (non-hydrogen) atoms. The van der Waals surface area contributed by atoms with Crippen LogP contribution in [0.25, 0.3) is 111 Å². The third kappa shape index (κ3) is 5.91. The van der Waals surface area contributed by atoms with Gasteiger partial charge in [0.15, 0.2) is 0 Å². The van der Waals surface area contributed by atoms with E-state index in [-0.39, 0.29) is 0 Å². The van der Waals surface area contributed by atoms with E-state index in [9.17, 15) is 0 Å². The lowest BCUT2D eigenvalue weighted by atomic mass is 9.67. The highest BCUT2D eigenvalue weighted by molar-refractivity contribution is 6.04. The summed E-state index contributed by atoms with van der Waals surface area (Å²) in [4.78, 5) is 29.7. The Morgan fingerprint density at radius 1 is 0.338 bits per heavy atom. The molecule has 0 unspecified atom stereocenters. The minimum Gasteiger partial charge on any atom is -0.299 e. The highest BCUT2D eigenvalue weighted by Gasteiger charge is 2.47. The molecule has 1 aliphatic carbocycles. The van der Waals surface area contributed by atoms with Crippen LogP contribution in [0.15, 0.2) is 231 Å². The van der Waals surface area contributed by atoms with Crippen LogP contribution >= 0.6 is 0 Å². The molecule has 15 rings (SSSR count). The Balaban J connectivity index is 0.969. The molecule has 0 aliphatic heterocycles. The van der Waals surface area contributed by atoms with E-state index < -0.39 is 5.41 Å². The number of rotatable bonds is 6. The van der Waals surface area contributed by atoms with Gasteiger partial charge in [-0.25, -0.2) is 19.9 Å². The molecular formula is C63H38N8. The fourth-order valence-electron chi connectivity index (χ4n) is 11.3. The largest absolute Gasteiger partial charge is 0.299 e. The van der Waals surface area contributed by atoms with Gasteiger partial charge in [-0.2, -0.15) is 0 Å². The fourth-order valence-corrected chi connectivity index (χ4v) is 11.3. The van der Waals surface area contributed by atoms with Gasteiger partial charge in [0.2, 0.25) is 0 Å². The zero-order valence-electron chi connectivity index (χ0n) is 38.0. The molecule has 8 nitrogen and oxygen atoms in total. The van der Waals surface area contributed by atoms with Gasteiger partial charge < -0.3 is 0 Å². The molecule has 0 N–H and O–H groups in total. The lowest BCUT2D eigenvalue weighted by molar-refractivity contribution is 0.766. The summed E-state index contributed by atoms with van der Waals surface area (Å²) in [5.41, 5.74) is 19.7. The molecule has 8 aromatic carbocycles. The Bertz CT molecular complexity index is 4190. The standard InChI is InChI=1S/C63H38N8/c1-3-11-57-55(9-1)66-37-70(57)47-27-29-49-50-30-28-48(71-38-67-56-10-2-4-12-58(56)71)36-52(50)63(51(49)35-47,45-23-17-39(18-24-45)53-31-21-43-15-13-41-7-5-33-64-59(41)61(43)68-53)46-25-19-40(20-26-46)54-32-22-44-16-14-42-8-6-34-65-60(42)62(44)69-54/h1-38H. The van der Waals surface area contributed by atoms with Crippen LogP contribution in [-0.4, -0.2) is 39.0 Å². The monoisotopic (exact) mass is 906 g/mol. The maximum absolute atomic E-state index is 5.26. The first-order chi connectivity index (χ1) is 35.2. The summed E-state index contributed by atoms with van der Waals surface area (Å²) in [5.74, 6) is 0. The Morgan fingerprint density at radius 2 is 0.761 bits per heavy atom. The lowest BCUT2D eigenvalue weighted by Crippen LogP contribution is -2.29. The van der Waals surface area contributed by atoms with E-state index in [4.69, 9.17) is 29.9 Å². The fraction of sp³-hybridized carbons (Fsp3) is 0.0159. The van der Waals surface area contributed by atoms with E-state index in [1.165, 1.54) is 22.3 Å². The first-order valence-corrected chi connectivity index (χ1v) is 23.8. The van der Waals surface area contributed by atoms with Gasteiger partial charge >= 0.3 is 0 Å². The molecule has 6 heterocycles. The molecule has 0 radical (unpaired) electrons. The van der Waals surface area contributed by atoms with Crippen LogP contribution in [0.4, 0.5) is 0 Å². The van der Waals surface area contributed by atoms with Gasteiger partial charge in [0.1, 0.15) is 12.7 Å². The van der Waals surface area contributed by atoms with Gasteiger partial charge in [-0.05, 0) is 106 Å². The minimum atomic E-state index is -0.783. The Hall–Kier alpha value is -9.66. The van der Waals surface area contributed by atoms with E-state index in [2.05, 4.69) is 191 Å². The van der Waals surface area contributed by atoms with Crippen molar-refractivity contribution in [3.8, 4) is 45.0 Å². The zero-order chi connectivity index (χ0) is 46.6. The van der Waals surface area contributed by atoms with Crippen LogP contribution in [0.3, 0.4) is 0 Å². The van der Waals surface area contributed by atoms with Crippen molar-refractivity contribution in [1.29, 1.82) is 0 Å². The van der Waals surface area contributed by atoms with Gasteiger partial charge in [-0.3, -0.25) is 19.1 Å². The van der Waals surface area contributed by atoms with Crippen molar-refractivity contribution in [2.24, 2.45) is 0 Å². The topological polar surface area (TPSA) is 87.2 Å². The number of para-hydroxylation sites is 4. The Labute approximate surface area is 406 Å². The number of pyridine rings is 4. The van der Waals surface area contributed by atoms with Crippen LogP contribution < -0.4 is 0 Å². The van der Waals surface area contributed by atoms with Crippen LogP contribution in [0.2, 0.25) is 0 Å². The average molecular weight is 907 g/mol. The third-order valence-electron chi connectivity index (χ3n) is 14.7. The van der Waals surface area contributed by atoms with E-state index in [0.29, 0.717) is 0 Å². The molecule has 0 atom stereocenters. The number of hydrogen-bond donors (Lipinski definition) is 0. The molecule has 0 bridgehead atoms. The second-order valence-corrected chi connectivity index (χ2v) is 18.4.